The van der Waals surface area contributed by atoms with Crippen molar-refractivity contribution in [2.75, 3.05) is 26.2 Å². The maximum absolute atomic E-state index is 12.5. The molecule has 0 spiro atoms. The molecule has 1 atom stereocenters. The highest BCUT2D eigenvalue weighted by Crippen LogP contribution is 2.28. The van der Waals surface area contributed by atoms with Gasteiger partial charge in [-0.2, -0.15) is 0 Å². The summed E-state index contributed by atoms with van der Waals surface area (Å²) < 4.78 is 11.7. The maximum atomic E-state index is 12.5. The average molecular weight is 459 g/mol. The molecule has 0 bridgehead atoms. The van der Waals surface area contributed by atoms with Crippen LogP contribution in [0.25, 0.3) is 0 Å². The highest BCUT2D eigenvalue weighted by molar-refractivity contribution is 6.30. The molecular formula is C26H35ClN2O3. The number of carbonyl (C=O) groups is 1. The van der Waals surface area contributed by atoms with Crippen molar-refractivity contribution >= 4 is 17.7 Å². The van der Waals surface area contributed by atoms with Gasteiger partial charge in [0.05, 0.1) is 0 Å². The molecule has 1 amide bonds. The lowest BCUT2D eigenvalue weighted by Crippen LogP contribution is -2.52. The minimum Gasteiger partial charge on any atom is -0.492 e. The molecule has 5 nitrogen and oxygen atoms in total. The van der Waals surface area contributed by atoms with Crippen LogP contribution in [0.1, 0.15) is 39.2 Å². The third-order valence-electron chi connectivity index (χ3n) is 5.97. The molecule has 2 heterocycles. The molecular weight excluding hydrogens is 424 g/mol. The van der Waals surface area contributed by atoms with Crippen molar-refractivity contribution in [2.24, 2.45) is 0 Å². The topological polar surface area (TPSA) is 42.0 Å². The standard InChI is InChI=1S/C26H35ClN2O3/c1-6-20-17-29(22-12-14-28(15-13-22)25(30)32-26(3,4)5)23(18-31-24(20)7-2)16-19-8-10-21(27)11-9-19/h6-11,22-23H,1-2,12-18H2,3-5H3/t23-/m0/s1. The van der Waals surface area contributed by atoms with Crippen LogP contribution in [0.2, 0.25) is 5.02 Å². The Morgan fingerprint density at radius 2 is 1.84 bits per heavy atom. The Morgan fingerprint density at radius 3 is 2.41 bits per heavy atom. The van der Waals surface area contributed by atoms with E-state index in [9.17, 15) is 4.79 Å². The van der Waals surface area contributed by atoms with Crippen LogP contribution in [0, 0.1) is 0 Å². The molecule has 0 N–H and O–H groups in total. The van der Waals surface area contributed by atoms with Crippen LogP contribution in [0.5, 0.6) is 0 Å². The summed E-state index contributed by atoms with van der Waals surface area (Å²) in [5.41, 5.74) is 1.79. The van der Waals surface area contributed by atoms with Gasteiger partial charge in [-0.25, -0.2) is 4.79 Å². The number of nitrogens with zero attached hydrogens (tertiary/aromatic N) is 2. The first-order valence-electron chi connectivity index (χ1n) is 11.3. The fourth-order valence-corrected chi connectivity index (χ4v) is 4.46. The van der Waals surface area contributed by atoms with Crippen molar-refractivity contribution < 1.29 is 14.3 Å². The second-order valence-electron chi connectivity index (χ2n) is 9.46. The summed E-state index contributed by atoms with van der Waals surface area (Å²) in [5, 5.41) is 0.738. The normalized spacial score (nSPS) is 21.0. The quantitative estimate of drug-likeness (QED) is 0.575. The second-order valence-corrected chi connectivity index (χ2v) is 9.90. The minimum atomic E-state index is -0.482. The Morgan fingerprint density at radius 1 is 1.19 bits per heavy atom. The highest BCUT2D eigenvalue weighted by Gasteiger charge is 2.34. The van der Waals surface area contributed by atoms with E-state index < -0.39 is 5.60 Å². The van der Waals surface area contributed by atoms with E-state index in [1.54, 1.807) is 6.08 Å². The third-order valence-corrected chi connectivity index (χ3v) is 6.22. The van der Waals surface area contributed by atoms with Crippen LogP contribution in [0.3, 0.4) is 0 Å². The number of hydrogen-bond acceptors (Lipinski definition) is 4. The molecule has 1 fully saturated rings. The molecule has 1 saturated heterocycles. The van der Waals surface area contributed by atoms with Gasteiger partial charge in [0.15, 0.2) is 0 Å². The van der Waals surface area contributed by atoms with Crippen LogP contribution in [0.4, 0.5) is 4.79 Å². The zero-order valence-electron chi connectivity index (χ0n) is 19.5. The second kappa shape index (κ2) is 10.6. The summed E-state index contributed by atoms with van der Waals surface area (Å²) in [7, 11) is 0. The molecule has 32 heavy (non-hydrogen) atoms. The molecule has 0 radical (unpaired) electrons. The van der Waals surface area contributed by atoms with Gasteiger partial charge in [0.2, 0.25) is 0 Å². The average Bonchev–Trinajstić information content (AvgIpc) is 2.93. The van der Waals surface area contributed by atoms with Gasteiger partial charge < -0.3 is 14.4 Å². The molecule has 174 valence electrons. The van der Waals surface area contributed by atoms with Gasteiger partial charge in [-0.05, 0) is 63.8 Å². The number of rotatable bonds is 5. The number of hydrogen-bond donors (Lipinski definition) is 0. The van der Waals surface area contributed by atoms with Gasteiger partial charge in [-0.15, -0.1) is 0 Å². The number of allylic oxidation sites excluding steroid dienone is 1. The highest BCUT2D eigenvalue weighted by atomic mass is 35.5. The fraction of sp³-hybridized carbons (Fsp3) is 0.500. The molecule has 2 aliphatic heterocycles. The van der Waals surface area contributed by atoms with Crippen molar-refractivity contribution in [1.82, 2.24) is 9.80 Å². The first-order valence-corrected chi connectivity index (χ1v) is 11.7. The molecule has 3 rings (SSSR count). The van der Waals surface area contributed by atoms with Gasteiger partial charge in [0.25, 0.3) is 0 Å². The molecule has 2 aliphatic rings. The first kappa shape index (κ1) is 24.4. The molecule has 0 aliphatic carbocycles. The van der Waals surface area contributed by atoms with Gasteiger partial charge >= 0.3 is 6.09 Å². The summed E-state index contributed by atoms with van der Waals surface area (Å²) in [6, 6.07) is 8.55. The molecule has 6 heteroatoms. The van der Waals surface area contributed by atoms with Crippen LogP contribution in [0.15, 0.2) is 60.9 Å². The van der Waals surface area contributed by atoms with E-state index in [1.165, 1.54) is 5.56 Å². The SMILES string of the molecule is C=CC1=C(C=C)OC[C@H](Cc2ccc(Cl)cc2)N(C2CCN(C(=O)OC(C)(C)C)CC2)C1. The van der Waals surface area contributed by atoms with Gasteiger partial charge in [-0.1, -0.05) is 43.0 Å². The lowest BCUT2D eigenvalue weighted by atomic mass is 9.97. The number of piperidine rings is 1. The fourth-order valence-electron chi connectivity index (χ4n) is 4.34. The Bertz CT molecular complexity index is 849. The van der Waals surface area contributed by atoms with Gasteiger partial charge in [0, 0.05) is 42.3 Å². The van der Waals surface area contributed by atoms with E-state index in [2.05, 4.69) is 30.2 Å². The molecule has 0 saturated carbocycles. The number of carbonyl (C=O) groups excluding carboxylic acids is 1. The summed E-state index contributed by atoms with van der Waals surface area (Å²) >= 11 is 6.08. The Balaban J connectivity index is 1.75. The van der Waals surface area contributed by atoms with Crippen molar-refractivity contribution in [1.29, 1.82) is 0 Å². The smallest absolute Gasteiger partial charge is 0.410 e. The lowest BCUT2D eigenvalue weighted by Gasteiger charge is -2.41. The van der Waals surface area contributed by atoms with E-state index in [0.29, 0.717) is 25.7 Å². The zero-order valence-corrected chi connectivity index (χ0v) is 20.2. The van der Waals surface area contributed by atoms with Crippen molar-refractivity contribution in [3.63, 3.8) is 0 Å². The number of likely N-dealkylation sites (tertiary alicyclic amines) is 1. The van der Waals surface area contributed by atoms with E-state index >= 15 is 0 Å². The Labute approximate surface area is 197 Å². The minimum absolute atomic E-state index is 0.196. The first-order chi connectivity index (χ1) is 15.2. The third kappa shape index (κ3) is 6.39. The van der Waals surface area contributed by atoms with E-state index in [0.717, 1.165) is 42.2 Å². The number of benzene rings is 1. The van der Waals surface area contributed by atoms with Gasteiger partial charge in [-0.3, -0.25) is 4.90 Å². The Hall–Kier alpha value is -2.24. The molecule has 0 aromatic heterocycles. The summed E-state index contributed by atoms with van der Waals surface area (Å²) in [6.45, 7) is 16.3. The zero-order chi connectivity index (χ0) is 23.3. The van der Waals surface area contributed by atoms with Crippen LogP contribution in [-0.2, 0) is 15.9 Å². The van der Waals surface area contributed by atoms with Crippen LogP contribution in [-0.4, -0.2) is 59.8 Å². The molecule has 1 aromatic carbocycles. The van der Waals surface area contributed by atoms with Crippen LogP contribution < -0.4 is 0 Å². The lowest BCUT2D eigenvalue weighted by molar-refractivity contribution is 0.00922. The summed E-state index contributed by atoms with van der Waals surface area (Å²) in [5.74, 6) is 0.801. The number of amides is 1. The van der Waals surface area contributed by atoms with E-state index in [-0.39, 0.29) is 12.1 Å². The predicted molar refractivity (Wildman–Crippen MR) is 130 cm³/mol. The van der Waals surface area contributed by atoms with Crippen molar-refractivity contribution in [3.8, 4) is 0 Å². The monoisotopic (exact) mass is 458 g/mol. The maximum Gasteiger partial charge on any atom is 0.410 e. The largest absolute Gasteiger partial charge is 0.492 e. The van der Waals surface area contributed by atoms with Crippen LogP contribution >= 0.6 is 11.6 Å². The molecule has 1 aromatic rings. The van der Waals surface area contributed by atoms with Crippen molar-refractivity contribution in [3.05, 3.63) is 71.5 Å². The Kier molecular flexibility index (Phi) is 8.07. The van der Waals surface area contributed by atoms with Gasteiger partial charge in [0.1, 0.15) is 18.0 Å². The predicted octanol–water partition coefficient (Wildman–Crippen LogP) is 5.61. The summed E-state index contributed by atoms with van der Waals surface area (Å²) in [4.78, 5) is 16.8. The summed E-state index contributed by atoms with van der Waals surface area (Å²) in [6.07, 6.45) is 6.05. The van der Waals surface area contributed by atoms with E-state index in [1.807, 2.05) is 43.9 Å². The van der Waals surface area contributed by atoms with Crippen molar-refractivity contribution in [2.45, 2.75) is 57.7 Å². The van der Waals surface area contributed by atoms with E-state index in [4.69, 9.17) is 21.1 Å². The number of halogens is 1. The molecule has 0 unspecified atom stereocenters. The number of ether oxygens (including phenoxy) is 2.